The molecular weight excluding hydrogens is 299 g/mol. The van der Waals surface area contributed by atoms with Crippen LogP contribution in [0.3, 0.4) is 0 Å². The van der Waals surface area contributed by atoms with Crippen molar-refractivity contribution in [1.82, 2.24) is 0 Å². The molecule has 0 saturated carbocycles. The molecule has 0 fully saturated rings. The molecule has 0 amide bonds. The second kappa shape index (κ2) is 58.3. The van der Waals surface area contributed by atoms with Gasteiger partial charge in [-0.1, -0.05) is 0 Å². The van der Waals surface area contributed by atoms with Gasteiger partial charge in [-0.05, 0) is 0 Å². The summed E-state index contributed by atoms with van der Waals surface area (Å²) in [4.78, 5) is 0. The van der Waals surface area contributed by atoms with Crippen molar-refractivity contribution >= 4 is 17.6 Å². The third-order valence-electron chi connectivity index (χ3n) is 0. The van der Waals surface area contributed by atoms with Crippen LogP contribution in [-0.4, -0.2) is 17.6 Å². The van der Waals surface area contributed by atoms with Gasteiger partial charge in [0.15, 0.2) is 0 Å². The SMILES string of the molecule is [Ge].[Hf+4].[O-2].[O-2].[O-2]. The van der Waals surface area contributed by atoms with Crippen molar-refractivity contribution in [3.05, 3.63) is 0 Å². The molecule has 28 valence electrons. The van der Waals surface area contributed by atoms with E-state index in [1.54, 1.807) is 0 Å². The Balaban J connectivity index is 0. The average molecular weight is 299 g/mol. The monoisotopic (exact) mass is 302 g/mol. The van der Waals surface area contributed by atoms with E-state index < -0.39 is 0 Å². The smallest absolute Gasteiger partial charge is 2.00 e. The molecule has 0 aliphatic heterocycles. The minimum Gasteiger partial charge on any atom is -2.00 e. The van der Waals surface area contributed by atoms with Gasteiger partial charge in [-0.25, -0.2) is 0 Å². The zero-order valence-corrected chi connectivity index (χ0v) is 7.92. The summed E-state index contributed by atoms with van der Waals surface area (Å²) >= 11 is 0. The molecule has 0 bridgehead atoms. The summed E-state index contributed by atoms with van der Waals surface area (Å²) < 4.78 is 0. The molecule has 4 radical (unpaired) electrons. The first-order chi connectivity index (χ1) is 0. The molecule has 0 heterocycles. The van der Waals surface area contributed by atoms with E-state index in [2.05, 4.69) is 0 Å². The summed E-state index contributed by atoms with van der Waals surface area (Å²) in [6, 6.07) is 0. The van der Waals surface area contributed by atoms with Crippen LogP contribution in [0.25, 0.3) is 0 Å². The average Bonchev–Trinajstić information content (AvgIpc) is 0. The first-order valence-electron chi connectivity index (χ1n) is 0. The summed E-state index contributed by atoms with van der Waals surface area (Å²) in [5.41, 5.74) is 0. The van der Waals surface area contributed by atoms with Crippen LogP contribution in [0.4, 0.5) is 0 Å². The number of hydrogen-bond acceptors (Lipinski definition) is 0. The zero-order valence-electron chi connectivity index (χ0n) is 2.22. The van der Waals surface area contributed by atoms with Crippen molar-refractivity contribution in [2.45, 2.75) is 0 Å². The predicted molar refractivity (Wildman–Crippen MR) is 7.81 cm³/mol. The molecule has 0 aliphatic rings. The standard InChI is InChI=1S/Ge.Hf.3O/q;+4;3*-2. The van der Waals surface area contributed by atoms with Crippen molar-refractivity contribution < 1.29 is 42.3 Å². The molecule has 0 aliphatic carbocycles. The Morgan fingerprint density at radius 1 is 0.600 bits per heavy atom. The molecule has 5 heteroatoms. The normalized spacial score (nSPS) is 0. The van der Waals surface area contributed by atoms with Crippen molar-refractivity contribution in [2.75, 3.05) is 0 Å². The maximum atomic E-state index is 0. The quantitative estimate of drug-likeness (QED) is 0.528. The van der Waals surface area contributed by atoms with Crippen LogP contribution < -0.4 is 0 Å². The molecule has 3 nitrogen and oxygen atoms in total. The fraction of sp³-hybridized carbons (Fsp3) is 0. The van der Waals surface area contributed by atoms with Gasteiger partial charge < -0.3 is 16.4 Å². The fourth-order valence-corrected chi connectivity index (χ4v) is 0. The van der Waals surface area contributed by atoms with Gasteiger partial charge in [0, 0.05) is 17.6 Å². The number of rotatable bonds is 0. The summed E-state index contributed by atoms with van der Waals surface area (Å²) in [7, 11) is 0. The summed E-state index contributed by atoms with van der Waals surface area (Å²) in [6.45, 7) is 0. The van der Waals surface area contributed by atoms with Crippen LogP contribution in [0, 0.1) is 0 Å². The Bertz CT molecular complexity index is 6.85. The number of hydrogen-bond donors (Lipinski definition) is 0. The van der Waals surface area contributed by atoms with E-state index in [0.717, 1.165) is 0 Å². The Morgan fingerprint density at radius 2 is 0.600 bits per heavy atom. The maximum absolute atomic E-state index is 0. The molecule has 0 aromatic carbocycles. The van der Waals surface area contributed by atoms with E-state index in [1.165, 1.54) is 0 Å². The van der Waals surface area contributed by atoms with Gasteiger partial charge in [0.1, 0.15) is 0 Å². The van der Waals surface area contributed by atoms with Gasteiger partial charge in [-0.3, -0.25) is 0 Å². The zero-order chi connectivity index (χ0) is 0. The summed E-state index contributed by atoms with van der Waals surface area (Å²) in [6.07, 6.45) is 0. The van der Waals surface area contributed by atoms with E-state index in [9.17, 15) is 0 Å². The molecule has 0 aromatic heterocycles. The van der Waals surface area contributed by atoms with Crippen LogP contribution in [0.15, 0.2) is 0 Å². The Kier molecular flexibility index (Phi) is 1230. The summed E-state index contributed by atoms with van der Waals surface area (Å²) in [5.74, 6) is 0. The van der Waals surface area contributed by atoms with Crippen molar-refractivity contribution in [3.8, 4) is 0 Å². The van der Waals surface area contributed by atoms with Gasteiger partial charge in [0.05, 0.1) is 0 Å². The van der Waals surface area contributed by atoms with Crippen LogP contribution >= 0.6 is 0 Å². The second-order valence-electron chi connectivity index (χ2n) is 0. The second-order valence-corrected chi connectivity index (χ2v) is 0. The Morgan fingerprint density at radius 3 is 0.600 bits per heavy atom. The maximum Gasteiger partial charge on any atom is 4.00 e. The van der Waals surface area contributed by atoms with Crippen LogP contribution in [0.2, 0.25) is 0 Å². The van der Waals surface area contributed by atoms with E-state index >= 15 is 0 Å². The van der Waals surface area contributed by atoms with Crippen LogP contribution in [0.1, 0.15) is 0 Å². The van der Waals surface area contributed by atoms with Crippen molar-refractivity contribution in [2.24, 2.45) is 0 Å². The van der Waals surface area contributed by atoms with Crippen molar-refractivity contribution in [3.63, 3.8) is 0 Å². The van der Waals surface area contributed by atoms with Gasteiger partial charge >= 0.3 is 25.8 Å². The van der Waals surface area contributed by atoms with E-state index in [1.807, 2.05) is 0 Å². The molecule has 0 saturated heterocycles. The van der Waals surface area contributed by atoms with E-state index in [4.69, 9.17) is 0 Å². The fourth-order valence-electron chi connectivity index (χ4n) is 0. The molecule has 0 N–H and O–H groups in total. The molecule has 0 atom stereocenters. The third-order valence-corrected chi connectivity index (χ3v) is 0. The van der Waals surface area contributed by atoms with Gasteiger partial charge in [0.25, 0.3) is 0 Å². The molecule has 0 rings (SSSR count). The van der Waals surface area contributed by atoms with Gasteiger partial charge in [-0.2, -0.15) is 0 Å². The third kappa shape index (κ3) is 34.3. The molecule has 0 unspecified atom stereocenters. The molecule has 0 aromatic rings. The van der Waals surface area contributed by atoms with Gasteiger partial charge in [0.2, 0.25) is 0 Å². The molecule has 5 heavy (non-hydrogen) atoms. The van der Waals surface area contributed by atoms with Crippen molar-refractivity contribution in [1.29, 1.82) is 0 Å². The minimum atomic E-state index is 0. The van der Waals surface area contributed by atoms with E-state index in [-0.39, 0.29) is 59.9 Å². The van der Waals surface area contributed by atoms with Crippen LogP contribution in [-0.2, 0) is 42.3 Å². The Labute approximate surface area is 59.8 Å². The van der Waals surface area contributed by atoms with Crippen LogP contribution in [0.5, 0.6) is 0 Å². The predicted octanol–water partition coefficient (Wildman–Crippen LogP) is -0.740. The van der Waals surface area contributed by atoms with Gasteiger partial charge in [-0.15, -0.1) is 0 Å². The summed E-state index contributed by atoms with van der Waals surface area (Å²) in [5, 5.41) is 0. The first-order valence-corrected chi connectivity index (χ1v) is 0. The largest absolute Gasteiger partial charge is 4.00 e. The molecular formula is GeHfO3-2. The topological polar surface area (TPSA) is 85.5 Å². The Hall–Kier alpha value is 1.29. The first kappa shape index (κ1) is 105. The van der Waals surface area contributed by atoms with E-state index in [0.29, 0.717) is 0 Å². The molecule has 0 spiro atoms. The minimum absolute atomic E-state index is 0.